The van der Waals surface area contributed by atoms with Crippen LogP contribution in [0.4, 0.5) is 0 Å². The molecule has 0 radical (unpaired) electrons. The van der Waals surface area contributed by atoms with Crippen LogP contribution >= 0.6 is 0 Å². The van der Waals surface area contributed by atoms with Crippen molar-refractivity contribution in [1.29, 1.82) is 0 Å². The maximum absolute atomic E-state index is 12.8. The molecule has 0 aromatic heterocycles. The Kier molecular flexibility index (Phi) is 8.63. The molecule has 2 aromatic rings. The third-order valence-electron chi connectivity index (χ3n) is 4.71. The zero-order valence-corrected chi connectivity index (χ0v) is 22.7. The monoisotopic (exact) mass is 466 g/mol. The van der Waals surface area contributed by atoms with E-state index in [1.165, 1.54) is 0 Å². The molecular weight excluding hydrogens is 424 g/mol. The van der Waals surface area contributed by atoms with Crippen LogP contribution < -0.4 is 14.2 Å². The highest BCUT2D eigenvalue weighted by molar-refractivity contribution is 6.06. The summed E-state index contributed by atoms with van der Waals surface area (Å²) < 4.78 is 18.4. The average Bonchev–Trinajstić information content (AvgIpc) is 2.67. The molecule has 0 N–H and O–H groups in total. The quantitative estimate of drug-likeness (QED) is 0.292. The molecule has 0 atom stereocenters. The summed E-state index contributed by atoms with van der Waals surface area (Å²) in [4.78, 5) is 12.8. The fourth-order valence-corrected chi connectivity index (χ4v) is 3.47. The van der Waals surface area contributed by atoms with Gasteiger partial charge in [-0.25, -0.2) is 0 Å². The Morgan fingerprint density at radius 1 is 0.824 bits per heavy atom. The number of ether oxygens (including phenoxy) is 3. The molecule has 186 valence electrons. The molecule has 0 saturated heterocycles. The van der Waals surface area contributed by atoms with Crippen molar-refractivity contribution in [3.8, 4) is 17.2 Å². The third kappa shape index (κ3) is 8.55. The predicted octanol–water partition coefficient (Wildman–Crippen LogP) is 8.02. The first-order valence-corrected chi connectivity index (χ1v) is 12.1. The van der Waals surface area contributed by atoms with E-state index in [0.717, 1.165) is 34.8 Å². The van der Waals surface area contributed by atoms with Crippen molar-refractivity contribution in [3.05, 3.63) is 59.2 Å². The molecule has 0 aliphatic carbocycles. The number of carbonyl (C=O) groups excluding carboxylic acids is 1. The van der Waals surface area contributed by atoms with Crippen LogP contribution in [-0.4, -0.2) is 23.6 Å². The first kappa shape index (κ1) is 27.5. The molecule has 0 heterocycles. The maximum Gasteiger partial charge on any atom is 0.185 e. The summed E-state index contributed by atoms with van der Waals surface area (Å²) in [6.45, 7) is 21.4. The van der Waals surface area contributed by atoms with Crippen molar-refractivity contribution >= 4 is 11.9 Å². The van der Waals surface area contributed by atoms with Crippen molar-refractivity contribution in [1.82, 2.24) is 0 Å². The van der Waals surface area contributed by atoms with E-state index in [0.29, 0.717) is 12.2 Å². The van der Waals surface area contributed by atoms with Crippen molar-refractivity contribution in [3.63, 3.8) is 0 Å². The predicted molar refractivity (Wildman–Crippen MR) is 141 cm³/mol. The summed E-state index contributed by atoms with van der Waals surface area (Å²) >= 11 is 0. The van der Waals surface area contributed by atoms with Crippen LogP contribution in [0.1, 0.15) is 97.1 Å². The summed E-state index contributed by atoms with van der Waals surface area (Å²) in [6.07, 6.45) is 4.36. The van der Waals surface area contributed by atoms with E-state index in [1.54, 1.807) is 18.2 Å². The number of carbonyl (C=O) groups is 1. The van der Waals surface area contributed by atoms with Gasteiger partial charge >= 0.3 is 0 Å². The topological polar surface area (TPSA) is 44.8 Å². The van der Waals surface area contributed by atoms with E-state index in [2.05, 4.69) is 27.7 Å². The molecule has 34 heavy (non-hydrogen) atoms. The molecule has 0 bridgehead atoms. The number of benzene rings is 2. The van der Waals surface area contributed by atoms with E-state index in [4.69, 9.17) is 14.2 Å². The molecule has 0 aliphatic rings. The SMILES string of the molecule is CCCOc1ccc(C(=O)/C=C/c2cc(OC(C)(C)C)c(C(C)(C)C)c(OC(C)(C)C)c2)cc1. The zero-order chi connectivity index (χ0) is 25.7. The average molecular weight is 467 g/mol. The number of hydrogen-bond donors (Lipinski definition) is 0. The van der Waals surface area contributed by atoms with Crippen molar-refractivity contribution in [2.75, 3.05) is 6.61 Å². The Balaban J connectivity index is 2.45. The van der Waals surface area contributed by atoms with Crippen LogP contribution in [-0.2, 0) is 5.41 Å². The minimum absolute atomic E-state index is 0.0708. The summed E-state index contributed by atoms with van der Waals surface area (Å²) in [5.74, 6) is 2.24. The Bertz CT molecular complexity index is 957. The van der Waals surface area contributed by atoms with Gasteiger partial charge in [0.05, 0.1) is 6.61 Å². The van der Waals surface area contributed by atoms with E-state index in [1.807, 2.05) is 71.9 Å². The molecule has 0 spiro atoms. The van der Waals surface area contributed by atoms with Crippen LogP contribution in [0.2, 0.25) is 0 Å². The van der Waals surface area contributed by atoms with E-state index >= 15 is 0 Å². The van der Waals surface area contributed by atoms with Gasteiger partial charge in [-0.1, -0.05) is 33.8 Å². The van der Waals surface area contributed by atoms with Crippen molar-refractivity contribution in [2.24, 2.45) is 0 Å². The Hall–Kier alpha value is -2.75. The lowest BCUT2D eigenvalue weighted by Gasteiger charge is -2.32. The van der Waals surface area contributed by atoms with Gasteiger partial charge in [0, 0.05) is 11.1 Å². The lowest BCUT2D eigenvalue weighted by molar-refractivity contribution is 0.104. The number of hydrogen-bond acceptors (Lipinski definition) is 4. The minimum atomic E-state index is -0.376. The highest BCUT2D eigenvalue weighted by atomic mass is 16.5. The lowest BCUT2D eigenvalue weighted by atomic mass is 9.84. The molecule has 0 aliphatic heterocycles. The van der Waals surface area contributed by atoms with E-state index in [9.17, 15) is 4.79 Å². The van der Waals surface area contributed by atoms with Gasteiger partial charge in [-0.05, 0) is 101 Å². The van der Waals surface area contributed by atoms with Gasteiger partial charge in [-0.2, -0.15) is 0 Å². The fourth-order valence-electron chi connectivity index (χ4n) is 3.47. The highest BCUT2D eigenvalue weighted by Gasteiger charge is 2.29. The highest BCUT2D eigenvalue weighted by Crippen LogP contribution is 2.42. The number of ketones is 1. The fraction of sp³-hybridized carbons (Fsp3) is 0.500. The normalized spacial score (nSPS) is 12.6. The molecule has 0 saturated carbocycles. The smallest absolute Gasteiger partial charge is 0.185 e. The summed E-state index contributed by atoms with van der Waals surface area (Å²) in [5, 5.41) is 0. The maximum atomic E-state index is 12.8. The summed E-state index contributed by atoms with van der Waals surface area (Å²) in [7, 11) is 0. The van der Waals surface area contributed by atoms with Crippen LogP contribution in [0.5, 0.6) is 17.2 Å². The standard InChI is InChI=1S/C30H42O4/c1-11-18-32-23-15-13-22(14-16-23)24(31)17-12-21-19-25(33-29(5,6)7)27(28(2,3)4)26(20-21)34-30(8,9)10/h12-17,19-20H,11,18H2,1-10H3/b17-12+. The molecule has 2 aromatic carbocycles. The van der Waals surface area contributed by atoms with Gasteiger partial charge in [0.15, 0.2) is 5.78 Å². The van der Waals surface area contributed by atoms with Gasteiger partial charge in [-0.15, -0.1) is 0 Å². The summed E-state index contributed by atoms with van der Waals surface area (Å²) in [5.41, 5.74) is 1.54. The molecule has 4 nitrogen and oxygen atoms in total. The zero-order valence-electron chi connectivity index (χ0n) is 22.7. The van der Waals surface area contributed by atoms with Gasteiger partial charge in [0.1, 0.15) is 28.5 Å². The van der Waals surface area contributed by atoms with Gasteiger partial charge in [0.2, 0.25) is 0 Å². The van der Waals surface area contributed by atoms with Gasteiger partial charge in [-0.3, -0.25) is 4.79 Å². The van der Waals surface area contributed by atoms with Crippen molar-refractivity contribution < 1.29 is 19.0 Å². The second-order valence-electron chi connectivity index (χ2n) is 11.6. The third-order valence-corrected chi connectivity index (χ3v) is 4.71. The molecule has 0 amide bonds. The van der Waals surface area contributed by atoms with Gasteiger partial charge < -0.3 is 14.2 Å². The van der Waals surface area contributed by atoms with Crippen LogP contribution in [0, 0.1) is 0 Å². The molecule has 0 fully saturated rings. The van der Waals surface area contributed by atoms with Crippen LogP contribution in [0.25, 0.3) is 6.08 Å². The lowest BCUT2D eigenvalue weighted by Crippen LogP contribution is -2.28. The van der Waals surface area contributed by atoms with Crippen LogP contribution in [0.15, 0.2) is 42.5 Å². The Labute approximate surface area is 206 Å². The largest absolute Gasteiger partial charge is 0.494 e. The number of rotatable bonds is 8. The van der Waals surface area contributed by atoms with Gasteiger partial charge in [0.25, 0.3) is 0 Å². The Morgan fingerprint density at radius 3 is 1.74 bits per heavy atom. The second kappa shape index (κ2) is 10.7. The van der Waals surface area contributed by atoms with E-state index in [-0.39, 0.29) is 22.4 Å². The Morgan fingerprint density at radius 2 is 1.32 bits per heavy atom. The molecule has 2 rings (SSSR count). The molecular formula is C30H42O4. The summed E-state index contributed by atoms with van der Waals surface area (Å²) in [6, 6.07) is 11.2. The second-order valence-corrected chi connectivity index (χ2v) is 11.6. The number of allylic oxidation sites excluding steroid dienone is 1. The first-order chi connectivity index (χ1) is 15.6. The van der Waals surface area contributed by atoms with Crippen LogP contribution in [0.3, 0.4) is 0 Å². The molecule has 4 heteroatoms. The molecule has 0 unspecified atom stereocenters. The first-order valence-electron chi connectivity index (χ1n) is 12.1. The minimum Gasteiger partial charge on any atom is -0.494 e. The van der Waals surface area contributed by atoms with Crippen molar-refractivity contribution in [2.45, 2.75) is 92.3 Å². The van der Waals surface area contributed by atoms with E-state index < -0.39 is 0 Å².